The molecule has 0 spiro atoms. The van der Waals surface area contributed by atoms with Gasteiger partial charge in [-0.25, -0.2) is 0 Å². The second-order valence-corrected chi connectivity index (χ2v) is 6.77. The summed E-state index contributed by atoms with van der Waals surface area (Å²) in [6.07, 6.45) is 10.6. The van der Waals surface area contributed by atoms with E-state index >= 15 is 0 Å². The molecule has 0 aromatic heterocycles. The third kappa shape index (κ3) is 14.1. The molecular formula is C17H34Cl2O3. The summed E-state index contributed by atoms with van der Waals surface area (Å²) in [4.78, 5) is 0. The van der Waals surface area contributed by atoms with Gasteiger partial charge >= 0.3 is 0 Å². The van der Waals surface area contributed by atoms with Crippen LogP contribution in [0.2, 0.25) is 0 Å². The number of aliphatic hydroxyl groups is 1. The Kier molecular flexibility index (Phi) is 16.7. The number of ether oxygens (including phenoxy) is 2. The molecule has 0 rings (SSSR count). The first kappa shape index (κ1) is 22.5. The fourth-order valence-corrected chi connectivity index (χ4v) is 2.70. The molecule has 0 bridgehead atoms. The van der Waals surface area contributed by atoms with Crippen LogP contribution < -0.4 is 0 Å². The summed E-state index contributed by atoms with van der Waals surface area (Å²) in [6.45, 7) is 4.55. The molecule has 0 heterocycles. The van der Waals surface area contributed by atoms with Gasteiger partial charge in [0.2, 0.25) is 0 Å². The molecule has 0 aliphatic rings. The molecule has 134 valence electrons. The van der Waals surface area contributed by atoms with E-state index in [4.69, 9.17) is 32.7 Å². The van der Waals surface area contributed by atoms with Crippen LogP contribution in [0.1, 0.15) is 78.1 Å². The molecule has 3 atom stereocenters. The molecule has 0 saturated carbocycles. The Morgan fingerprint density at radius 3 is 1.86 bits per heavy atom. The molecule has 1 N–H and O–H groups in total. The molecule has 0 amide bonds. The van der Waals surface area contributed by atoms with Crippen molar-refractivity contribution in [2.75, 3.05) is 13.2 Å². The Bertz CT molecular complexity index is 230. The third-order valence-electron chi connectivity index (χ3n) is 3.58. The summed E-state index contributed by atoms with van der Waals surface area (Å²) >= 11 is 12.3. The smallest absolute Gasteiger partial charge is 0.131 e. The molecule has 3 nitrogen and oxygen atoms in total. The number of alkyl halides is 2. The molecular weight excluding hydrogens is 323 g/mol. The van der Waals surface area contributed by atoms with Crippen molar-refractivity contribution in [1.29, 1.82) is 0 Å². The van der Waals surface area contributed by atoms with Crippen LogP contribution in [0.3, 0.4) is 0 Å². The van der Waals surface area contributed by atoms with Crippen molar-refractivity contribution < 1.29 is 14.6 Å². The Morgan fingerprint density at radius 1 is 0.818 bits per heavy atom. The van der Waals surface area contributed by atoms with Gasteiger partial charge in [0.1, 0.15) is 17.2 Å². The van der Waals surface area contributed by atoms with E-state index < -0.39 is 6.10 Å². The fourth-order valence-electron chi connectivity index (χ4n) is 2.17. The zero-order valence-electron chi connectivity index (χ0n) is 14.2. The molecule has 3 unspecified atom stereocenters. The highest BCUT2D eigenvalue weighted by molar-refractivity contribution is 6.19. The lowest BCUT2D eigenvalue weighted by atomic mass is 10.2. The van der Waals surface area contributed by atoms with E-state index in [0.29, 0.717) is 0 Å². The Morgan fingerprint density at radius 2 is 1.36 bits per heavy atom. The van der Waals surface area contributed by atoms with E-state index in [1.807, 2.05) is 0 Å². The van der Waals surface area contributed by atoms with Gasteiger partial charge in [0.25, 0.3) is 0 Å². The van der Waals surface area contributed by atoms with Gasteiger partial charge in [-0.2, -0.15) is 0 Å². The van der Waals surface area contributed by atoms with E-state index in [-0.39, 0.29) is 24.3 Å². The standard InChI is InChI=1S/C17H34Cl2O3/c1-3-5-7-9-11-16(18)21-14-15(13-20)22-17(19)12-10-8-6-4-2/h15-17,20H,3-14H2,1-2H3. The SMILES string of the molecule is CCCCCCC(Cl)OCC(CO)OC(Cl)CCCCCC. The Hall–Kier alpha value is 0.460. The van der Waals surface area contributed by atoms with Crippen LogP contribution in [0.15, 0.2) is 0 Å². The van der Waals surface area contributed by atoms with Gasteiger partial charge in [-0.3, -0.25) is 0 Å². The number of halogens is 2. The predicted octanol–water partition coefficient (Wildman–Crippen LogP) is 5.45. The molecule has 22 heavy (non-hydrogen) atoms. The number of rotatable bonds is 16. The average molecular weight is 357 g/mol. The van der Waals surface area contributed by atoms with Gasteiger partial charge in [-0.05, 0) is 25.7 Å². The van der Waals surface area contributed by atoms with Gasteiger partial charge in [0, 0.05) is 0 Å². The zero-order chi connectivity index (χ0) is 16.6. The van der Waals surface area contributed by atoms with Crippen molar-refractivity contribution in [3.8, 4) is 0 Å². The molecule has 0 fully saturated rings. The summed E-state index contributed by atoms with van der Waals surface area (Å²) in [5, 5.41) is 9.34. The zero-order valence-corrected chi connectivity index (χ0v) is 15.7. The maximum atomic E-state index is 9.34. The minimum atomic E-state index is -0.398. The van der Waals surface area contributed by atoms with Gasteiger partial charge in [-0.1, -0.05) is 75.6 Å². The summed E-state index contributed by atoms with van der Waals surface area (Å²) in [5.41, 5.74) is -0.677. The van der Waals surface area contributed by atoms with Crippen LogP contribution in [0.25, 0.3) is 0 Å². The van der Waals surface area contributed by atoms with Gasteiger partial charge < -0.3 is 14.6 Å². The van der Waals surface area contributed by atoms with Crippen LogP contribution in [0, 0.1) is 0 Å². The van der Waals surface area contributed by atoms with Gasteiger partial charge in [-0.15, -0.1) is 0 Å². The highest BCUT2D eigenvalue weighted by Gasteiger charge is 2.16. The maximum absolute atomic E-state index is 9.34. The highest BCUT2D eigenvalue weighted by atomic mass is 35.5. The first-order valence-electron chi connectivity index (χ1n) is 8.80. The molecule has 0 aliphatic carbocycles. The van der Waals surface area contributed by atoms with Gasteiger partial charge in [0.05, 0.1) is 13.2 Å². The van der Waals surface area contributed by atoms with Crippen molar-refractivity contribution in [2.45, 2.75) is 95.3 Å². The lowest BCUT2D eigenvalue weighted by molar-refractivity contribution is -0.0630. The average Bonchev–Trinajstić information content (AvgIpc) is 2.52. The maximum Gasteiger partial charge on any atom is 0.131 e. The second-order valence-electron chi connectivity index (χ2n) is 5.79. The van der Waals surface area contributed by atoms with Crippen molar-refractivity contribution >= 4 is 23.2 Å². The van der Waals surface area contributed by atoms with Crippen molar-refractivity contribution in [2.24, 2.45) is 0 Å². The lowest BCUT2D eigenvalue weighted by Gasteiger charge is -2.21. The first-order chi connectivity index (χ1) is 10.6. The quantitative estimate of drug-likeness (QED) is 0.295. The minimum Gasteiger partial charge on any atom is -0.394 e. The number of unbranched alkanes of at least 4 members (excludes halogenated alkanes) is 6. The Labute approximate surface area is 146 Å². The molecule has 0 radical (unpaired) electrons. The monoisotopic (exact) mass is 356 g/mol. The molecule has 5 heteroatoms. The van der Waals surface area contributed by atoms with Crippen molar-refractivity contribution in [3.63, 3.8) is 0 Å². The summed E-state index contributed by atoms with van der Waals surface area (Å²) < 4.78 is 11.1. The van der Waals surface area contributed by atoms with E-state index in [2.05, 4.69) is 13.8 Å². The van der Waals surface area contributed by atoms with E-state index in [1.54, 1.807) is 0 Å². The number of hydrogen-bond donors (Lipinski definition) is 1. The van der Waals surface area contributed by atoms with Crippen LogP contribution in [0.5, 0.6) is 0 Å². The number of aliphatic hydroxyl groups excluding tert-OH is 1. The molecule has 0 aromatic carbocycles. The van der Waals surface area contributed by atoms with Crippen LogP contribution in [-0.2, 0) is 9.47 Å². The predicted molar refractivity (Wildman–Crippen MR) is 94.7 cm³/mol. The largest absolute Gasteiger partial charge is 0.394 e. The minimum absolute atomic E-state index is 0.0996. The second kappa shape index (κ2) is 16.3. The van der Waals surface area contributed by atoms with Gasteiger partial charge in [0.15, 0.2) is 0 Å². The van der Waals surface area contributed by atoms with E-state index in [9.17, 15) is 5.11 Å². The van der Waals surface area contributed by atoms with Crippen LogP contribution >= 0.6 is 23.2 Å². The van der Waals surface area contributed by atoms with Crippen LogP contribution in [0.4, 0.5) is 0 Å². The summed E-state index contributed by atoms with van der Waals surface area (Å²) in [5.74, 6) is 0. The summed E-state index contributed by atoms with van der Waals surface area (Å²) in [7, 11) is 0. The third-order valence-corrected chi connectivity index (χ3v) is 4.24. The van der Waals surface area contributed by atoms with Crippen LogP contribution in [-0.4, -0.2) is 35.6 Å². The highest BCUT2D eigenvalue weighted by Crippen LogP contribution is 2.16. The van der Waals surface area contributed by atoms with E-state index in [1.165, 1.54) is 38.5 Å². The number of hydrogen-bond acceptors (Lipinski definition) is 3. The first-order valence-corrected chi connectivity index (χ1v) is 9.67. The topological polar surface area (TPSA) is 38.7 Å². The van der Waals surface area contributed by atoms with Crippen molar-refractivity contribution in [1.82, 2.24) is 0 Å². The Balaban J connectivity index is 3.71. The normalized spacial score (nSPS) is 15.7. The molecule has 0 aromatic rings. The molecule has 0 aliphatic heterocycles. The van der Waals surface area contributed by atoms with Crippen molar-refractivity contribution in [3.05, 3.63) is 0 Å². The summed E-state index contributed by atoms with van der Waals surface area (Å²) in [6, 6.07) is 0. The lowest BCUT2D eigenvalue weighted by Crippen LogP contribution is -2.28. The van der Waals surface area contributed by atoms with E-state index in [0.717, 1.165) is 25.7 Å². The molecule has 0 saturated heterocycles. The fraction of sp³-hybridized carbons (Fsp3) is 1.00.